The number of hydrogen-bond acceptors (Lipinski definition) is 2. The first-order valence-corrected chi connectivity index (χ1v) is 17.1. The third-order valence-electron chi connectivity index (χ3n) is 14.3. The summed E-state index contributed by atoms with van der Waals surface area (Å²) in [5.41, 5.74) is 11.2. The highest BCUT2D eigenvalue weighted by molar-refractivity contribution is 5.50. The molecule has 6 aliphatic carbocycles. The summed E-state index contributed by atoms with van der Waals surface area (Å²) in [6, 6.07) is 25.5. The molecule has 0 amide bonds. The SMILES string of the molecule is C[C@@H]1C2=C([C@H]([C@H]3C4=C(C[C@H]5C[C@@H]4C5(C)C)[C@@H](C)N3[C@H](C)c3ccccc3)N1[C@H](C)c1ccccc1)[C@@H]1C[C@H](C2)C1(C)C. The number of rotatable bonds is 5. The zero-order valence-electron chi connectivity index (χ0n) is 27.3. The molecule has 2 aromatic carbocycles. The molecule has 2 aromatic rings. The molecule has 222 valence electrons. The van der Waals surface area contributed by atoms with Gasteiger partial charge in [-0.3, -0.25) is 9.80 Å². The third-order valence-corrected chi connectivity index (χ3v) is 14.3. The van der Waals surface area contributed by atoms with Gasteiger partial charge in [0.15, 0.2) is 0 Å². The summed E-state index contributed by atoms with van der Waals surface area (Å²) in [6.45, 7) is 20.5. The maximum absolute atomic E-state index is 3.02. The summed E-state index contributed by atoms with van der Waals surface area (Å²) in [5, 5.41) is 0. The zero-order valence-corrected chi connectivity index (χ0v) is 27.3. The van der Waals surface area contributed by atoms with Crippen molar-refractivity contribution < 1.29 is 0 Å². The summed E-state index contributed by atoms with van der Waals surface area (Å²) in [6.07, 6.45) is 5.44. The fourth-order valence-electron chi connectivity index (χ4n) is 11.4. The molecule has 0 saturated heterocycles. The smallest absolute Gasteiger partial charge is 0.0520 e. The molecular weight excluding hydrogens is 508 g/mol. The van der Waals surface area contributed by atoms with Crippen molar-refractivity contribution >= 4 is 0 Å². The van der Waals surface area contributed by atoms with Gasteiger partial charge >= 0.3 is 0 Å². The Hall–Kier alpha value is -2.16. The van der Waals surface area contributed by atoms with Crippen LogP contribution in [0.2, 0.25) is 0 Å². The molecule has 0 N–H and O–H groups in total. The van der Waals surface area contributed by atoms with E-state index in [0.717, 1.165) is 23.7 Å². The molecule has 0 unspecified atom stereocenters. The van der Waals surface area contributed by atoms with Crippen LogP contribution in [0.15, 0.2) is 83.0 Å². The van der Waals surface area contributed by atoms with Crippen LogP contribution in [0.25, 0.3) is 0 Å². The van der Waals surface area contributed by atoms with Gasteiger partial charge < -0.3 is 0 Å². The maximum atomic E-state index is 3.02. The highest BCUT2D eigenvalue weighted by Gasteiger charge is 2.65. The summed E-state index contributed by atoms with van der Waals surface area (Å²) >= 11 is 0. The van der Waals surface area contributed by atoms with Gasteiger partial charge in [-0.15, -0.1) is 0 Å². The quantitative estimate of drug-likeness (QED) is 0.336. The zero-order chi connectivity index (χ0) is 29.3. The van der Waals surface area contributed by atoms with Crippen LogP contribution in [0.5, 0.6) is 0 Å². The van der Waals surface area contributed by atoms with Crippen molar-refractivity contribution in [2.75, 3.05) is 0 Å². The second kappa shape index (κ2) is 9.18. The molecule has 2 aliphatic heterocycles. The largest absolute Gasteiger partial charge is 0.282 e. The minimum atomic E-state index is 0.386. The van der Waals surface area contributed by atoms with Crippen molar-refractivity contribution in [3.8, 4) is 0 Å². The van der Waals surface area contributed by atoms with Crippen LogP contribution in [0.4, 0.5) is 0 Å². The van der Waals surface area contributed by atoms with Crippen molar-refractivity contribution in [2.24, 2.45) is 34.5 Å². The first-order chi connectivity index (χ1) is 20.0. The lowest BCUT2D eigenvalue weighted by Gasteiger charge is -2.60. The van der Waals surface area contributed by atoms with Crippen LogP contribution in [0.1, 0.15) is 104 Å². The van der Waals surface area contributed by atoms with E-state index >= 15 is 0 Å². The molecule has 0 aromatic heterocycles. The fourth-order valence-corrected chi connectivity index (χ4v) is 11.4. The lowest BCUT2D eigenvalue weighted by molar-refractivity contribution is -0.0283. The van der Waals surface area contributed by atoms with Crippen LogP contribution in [0.3, 0.4) is 0 Å². The Labute approximate surface area is 255 Å². The molecule has 2 nitrogen and oxygen atoms in total. The predicted octanol–water partition coefficient (Wildman–Crippen LogP) is 9.38. The second-order valence-electron chi connectivity index (χ2n) is 16.3. The van der Waals surface area contributed by atoms with Gasteiger partial charge in [-0.25, -0.2) is 0 Å². The van der Waals surface area contributed by atoms with Gasteiger partial charge in [-0.05, 0) is 110 Å². The average Bonchev–Trinajstić information content (AvgIpc) is 3.47. The van der Waals surface area contributed by atoms with Crippen LogP contribution < -0.4 is 0 Å². The number of benzene rings is 2. The molecule has 0 radical (unpaired) electrons. The Balaban J connectivity index is 1.32. The molecule has 0 spiro atoms. The molecule has 4 bridgehead atoms. The molecule has 8 aliphatic rings. The minimum Gasteiger partial charge on any atom is -0.282 e. The summed E-state index contributed by atoms with van der Waals surface area (Å²) in [4.78, 5) is 6.04. The standard InChI is InChI=1S/C40H52N2/c1-23(27-15-11-9-12-16-27)41-25(3)31-19-29-21-33(39(29,5)6)35(31)37(41)38-36-32(20-30-22-34(36)40(30,7)8)26(4)42(38)24(2)28-17-13-10-14-18-28/h9-18,23-26,29-30,33-34,37-38H,19-22H2,1-8H3/t23-,24-,25-,26-,29+,30+,33+,34+,37-,38-/m1/s1. The van der Waals surface area contributed by atoms with E-state index in [1.54, 1.807) is 0 Å². The van der Waals surface area contributed by atoms with E-state index in [0.29, 0.717) is 47.1 Å². The lowest BCUT2D eigenvalue weighted by atomic mass is 9.45. The molecule has 2 saturated carbocycles. The molecule has 2 heterocycles. The minimum absolute atomic E-state index is 0.386. The molecule has 2 heteroatoms. The average molecular weight is 561 g/mol. The highest BCUT2D eigenvalue weighted by Crippen LogP contribution is 2.69. The Morgan fingerprint density at radius 2 is 0.952 bits per heavy atom. The van der Waals surface area contributed by atoms with Gasteiger partial charge in [0, 0.05) is 24.2 Å². The van der Waals surface area contributed by atoms with E-state index < -0.39 is 0 Å². The van der Waals surface area contributed by atoms with Gasteiger partial charge in [0.05, 0.1) is 12.1 Å². The third kappa shape index (κ3) is 3.46. The van der Waals surface area contributed by atoms with E-state index in [2.05, 4.69) is 126 Å². The normalized spacial score (nSPS) is 39.3. The first-order valence-electron chi connectivity index (χ1n) is 17.1. The molecule has 10 atom stereocenters. The van der Waals surface area contributed by atoms with Crippen LogP contribution in [-0.2, 0) is 0 Å². The highest BCUT2D eigenvalue weighted by atomic mass is 15.3. The second-order valence-corrected chi connectivity index (χ2v) is 16.3. The van der Waals surface area contributed by atoms with Gasteiger partial charge in [-0.1, -0.05) is 99.5 Å². The Morgan fingerprint density at radius 3 is 1.29 bits per heavy atom. The number of hydrogen-bond donors (Lipinski definition) is 0. The Bertz CT molecular complexity index is 1340. The van der Waals surface area contributed by atoms with Gasteiger partial charge in [0.25, 0.3) is 0 Å². The summed E-state index contributed by atoms with van der Waals surface area (Å²) < 4.78 is 0. The lowest BCUT2D eigenvalue weighted by Crippen LogP contribution is -2.58. The molecule has 42 heavy (non-hydrogen) atoms. The van der Waals surface area contributed by atoms with Crippen molar-refractivity contribution in [1.29, 1.82) is 0 Å². The van der Waals surface area contributed by atoms with Gasteiger partial charge in [-0.2, -0.15) is 0 Å². The van der Waals surface area contributed by atoms with Crippen molar-refractivity contribution in [3.05, 3.63) is 94.1 Å². The van der Waals surface area contributed by atoms with Crippen LogP contribution in [-0.4, -0.2) is 34.0 Å². The molecule has 10 rings (SSSR count). The van der Waals surface area contributed by atoms with E-state index in [1.165, 1.54) is 36.8 Å². The van der Waals surface area contributed by atoms with E-state index in [9.17, 15) is 0 Å². The van der Waals surface area contributed by atoms with Crippen molar-refractivity contribution in [2.45, 2.75) is 117 Å². The van der Waals surface area contributed by atoms with Crippen LogP contribution >= 0.6 is 0 Å². The van der Waals surface area contributed by atoms with Gasteiger partial charge in [0.2, 0.25) is 0 Å². The van der Waals surface area contributed by atoms with Gasteiger partial charge in [0.1, 0.15) is 0 Å². The predicted molar refractivity (Wildman–Crippen MR) is 174 cm³/mol. The van der Waals surface area contributed by atoms with Crippen molar-refractivity contribution in [1.82, 2.24) is 9.80 Å². The van der Waals surface area contributed by atoms with E-state index in [-0.39, 0.29) is 0 Å². The first kappa shape index (κ1) is 27.4. The topological polar surface area (TPSA) is 6.48 Å². The monoisotopic (exact) mass is 560 g/mol. The molecule has 2 fully saturated rings. The van der Waals surface area contributed by atoms with E-state index in [4.69, 9.17) is 0 Å². The van der Waals surface area contributed by atoms with E-state index in [1.807, 2.05) is 22.3 Å². The summed E-state index contributed by atoms with van der Waals surface area (Å²) in [7, 11) is 0. The maximum Gasteiger partial charge on any atom is 0.0520 e. The van der Waals surface area contributed by atoms with Crippen molar-refractivity contribution in [3.63, 3.8) is 0 Å². The summed E-state index contributed by atoms with van der Waals surface area (Å²) in [5.74, 6) is 3.17. The fraction of sp³-hybridized carbons (Fsp3) is 0.600. The van der Waals surface area contributed by atoms with Crippen LogP contribution in [0, 0.1) is 34.5 Å². The molecular formula is C40H52N2. The Kier molecular flexibility index (Phi) is 5.99. The Morgan fingerprint density at radius 1 is 0.595 bits per heavy atom. The number of nitrogens with zero attached hydrogens (tertiary/aromatic N) is 2.